The van der Waals surface area contributed by atoms with Crippen molar-refractivity contribution in [2.24, 2.45) is 0 Å². The quantitative estimate of drug-likeness (QED) is 0.740. The summed E-state index contributed by atoms with van der Waals surface area (Å²) in [6.45, 7) is 2.06. The molecule has 1 amide bonds. The number of rotatable bonds is 6. The summed E-state index contributed by atoms with van der Waals surface area (Å²) in [6, 6.07) is 9.70. The lowest BCUT2D eigenvalue weighted by Crippen LogP contribution is -2.21. The Balaban J connectivity index is 2.19. The number of benzene rings is 1. The molecule has 1 rings (SSSR count). The van der Waals surface area contributed by atoms with Gasteiger partial charge in [0.15, 0.2) is 0 Å². The minimum atomic E-state index is -0.0458. The SMILES string of the molecule is CC(=O)NCCCC(=O)Cc1ccccc1. The molecule has 0 spiro atoms. The monoisotopic (exact) mass is 219 g/mol. The summed E-state index contributed by atoms with van der Waals surface area (Å²) in [6.07, 6.45) is 1.72. The average Bonchev–Trinajstić information content (AvgIpc) is 2.25. The van der Waals surface area contributed by atoms with Crippen LogP contribution >= 0.6 is 0 Å². The normalized spacial score (nSPS) is 9.81. The van der Waals surface area contributed by atoms with Crippen LogP contribution in [0, 0.1) is 0 Å². The van der Waals surface area contributed by atoms with Crippen LogP contribution in [0.4, 0.5) is 0 Å². The van der Waals surface area contributed by atoms with Gasteiger partial charge in [-0.3, -0.25) is 9.59 Å². The molecule has 0 aliphatic heterocycles. The molecule has 0 aromatic heterocycles. The van der Waals surface area contributed by atoms with Crippen molar-refractivity contribution in [2.75, 3.05) is 6.54 Å². The molecule has 3 nitrogen and oxygen atoms in total. The van der Waals surface area contributed by atoms with Crippen molar-refractivity contribution >= 4 is 11.7 Å². The van der Waals surface area contributed by atoms with E-state index in [4.69, 9.17) is 0 Å². The van der Waals surface area contributed by atoms with Gasteiger partial charge in [-0.2, -0.15) is 0 Å². The number of ketones is 1. The molecule has 1 aromatic carbocycles. The Morgan fingerprint density at radius 1 is 1.19 bits per heavy atom. The van der Waals surface area contributed by atoms with Gasteiger partial charge in [0.25, 0.3) is 0 Å². The van der Waals surface area contributed by atoms with Gasteiger partial charge in [0, 0.05) is 26.3 Å². The highest BCUT2D eigenvalue weighted by atomic mass is 16.1. The predicted octanol–water partition coefficient (Wildman–Crippen LogP) is 1.71. The number of hydrogen-bond acceptors (Lipinski definition) is 2. The van der Waals surface area contributed by atoms with Crippen molar-refractivity contribution in [2.45, 2.75) is 26.2 Å². The maximum atomic E-state index is 11.5. The van der Waals surface area contributed by atoms with E-state index >= 15 is 0 Å². The van der Waals surface area contributed by atoms with Gasteiger partial charge in [0.1, 0.15) is 5.78 Å². The molecule has 0 aliphatic carbocycles. The Bertz CT molecular complexity index is 346. The average molecular weight is 219 g/mol. The van der Waals surface area contributed by atoms with Crippen molar-refractivity contribution in [1.29, 1.82) is 0 Å². The number of amides is 1. The molecule has 1 N–H and O–H groups in total. The fourth-order valence-corrected chi connectivity index (χ4v) is 1.46. The second kappa shape index (κ2) is 6.77. The van der Waals surface area contributed by atoms with Gasteiger partial charge in [-0.05, 0) is 12.0 Å². The summed E-state index contributed by atoms with van der Waals surface area (Å²) in [4.78, 5) is 22.1. The second-order valence-corrected chi connectivity index (χ2v) is 3.79. The van der Waals surface area contributed by atoms with Crippen molar-refractivity contribution in [3.8, 4) is 0 Å². The van der Waals surface area contributed by atoms with Gasteiger partial charge in [-0.15, -0.1) is 0 Å². The predicted molar refractivity (Wildman–Crippen MR) is 63.1 cm³/mol. The van der Waals surface area contributed by atoms with Crippen LogP contribution in [0.5, 0.6) is 0 Å². The van der Waals surface area contributed by atoms with E-state index in [-0.39, 0.29) is 11.7 Å². The third-order valence-electron chi connectivity index (χ3n) is 2.25. The highest BCUT2D eigenvalue weighted by Crippen LogP contribution is 2.02. The first-order valence-electron chi connectivity index (χ1n) is 5.48. The third-order valence-corrected chi connectivity index (χ3v) is 2.25. The van der Waals surface area contributed by atoms with Gasteiger partial charge in [-0.1, -0.05) is 30.3 Å². The van der Waals surface area contributed by atoms with Crippen LogP contribution in [0.1, 0.15) is 25.3 Å². The smallest absolute Gasteiger partial charge is 0.216 e. The zero-order valence-corrected chi connectivity index (χ0v) is 9.53. The summed E-state index contributed by atoms with van der Waals surface area (Å²) in [5.41, 5.74) is 1.05. The highest BCUT2D eigenvalue weighted by molar-refractivity contribution is 5.80. The van der Waals surface area contributed by atoms with E-state index in [1.165, 1.54) is 6.92 Å². The third kappa shape index (κ3) is 5.29. The molecule has 0 unspecified atom stereocenters. The van der Waals surface area contributed by atoms with Gasteiger partial charge >= 0.3 is 0 Å². The van der Waals surface area contributed by atoms with Crippen LogP contribution in [-0.2, 0) is 16.0 Å². The first-order chi connectivity index (χ1) is 7.68. The topological polar surface area (TPSA) is 46.2 Å². The number of Topliss-reactive ketones (excluding diaryl/α,β-unsaturated/α-hetero) is 1. The Labute approximate surface area is 95.9 Å². The standard InChI is InChI=1S/C13H17NO2/c1-11(15)14-9-5-8-13(16)10-12-6-3-2-4-7-12/h2-4,6-7H,5,8-10H2,1H3,(H,14,15). The molecule has 86 valence electrons. The minimum absolute atomic E-state index is 0.0458. The van der Waals surface area contributed by atoms with Gasteiger partial charge in [0.05, 0.1) is 0 Å². The molecule has 0 heterocycles. The molecular formula is C13H17NO2. The van der Waals surface area contributed by atoms with Crippen LogP contribution < -0.4 is 5.32 Å². The van der Waals surface area contributed by atoms with Crippen molar-refractivity contribution < 1.29 is 9.59 Å². The van der Waals surface area contributed by atoms with Crippen molar-refractivity contribution in [3.05, 3.63) is 35.9 Å². The Kier molecular flexibility index (Phi) is 5.26. The van der Waals surface area contributed by atoms with Crippen LogP contribution in [0.3, 0.4) is 0 Å². The number of nitrogens with one attached hydrogen (secondary N) is 1. The molecule has 0 bridgehead atoms. The fourth-order valence-electron chi connectivity index (χ4n) is 1.46. The highest BCUT2D eigenvalue weighted by Gasteiger charge is 2.03. The molecular weight excluding hydrogens is 202 g/mol. The van der Waals surface area contributed by atoms with Gasteiger partial charge in [-0.25, -0.2) is 0 Å². The Morgan fingerprint density at radius 2 is 1.88 bits per heavy atom. The fraction of sp³-hybridized carbons (Fsp3) is 0.385. The second-order valence-electron chi connectivity index (χ2n) is 3.79. The van der Waals surface area contributed by atoms with Crippen LogP contribution in [0.25, 0.3) is 0 Å². The van der Waals surface area contributed by atoms with E-state index in [2.05, 4.69) is 5.32 Å². The van der Waals surface area contributed by atoms with Crippen LogP contribution in [-0.4, -0.2) is 18.2 Å². The zero-order valence-electron chi connectivity index (χ0n) is 9.53. The molecule has 0 atom stereocenters. The number of hydrogen-bond donors (Lipinski definition) is 1. The summed E-state index contributed by atoms with van der Waals surface area (Å²) in [7, 11) is 0. The van der Waals surface area contributed by atoms with E-state index in [0.29, 0.717) is 25.8 Å². The lowest BCUT2D eigenvalue weighted by Gasteiger charge is -2.02. The molecule has 0 saturated carbocycles. The first kappa shape index (κ1) is 12.4. The van der Waals surface area contributed by atoms with E-state index in [1.807, 2.05) is 30.3 Å². The molecule has 3 heteroatoms. The lowest BCUT2D eigenvalue weighted by molar-refractivity contribution is -0.120. The van der Waals surface area contributed by atoms with Crippen LogP contribution in [0.15, 0.2) is 30.3 Å². The van der Waals surface area contributed by atoms with E-state index in [0.717, 1.165) is 5.56 Å². The molecule has 0 radical (unpaired) electrons. The molecule has 16 heavy (non-hydrogen) atoms. The maximum absolute atomic E-state index is 11.5. The van der Waals surface area contributed by atoms with E-state index < -0.39 is 0 Å². The summed E-state index contributed by atoms with van der Waals surface area (Å²) in [5, 5.41) is 2.67. The minimum Gasteiger partial charge on any atom is -0.356 e. The summed E-state index contributed by atoms with van der Waals surface area (Å²) >= 11 is 0. The maximum Gasteiger partial charge on any atom is 0.216 e. The molecule has 1 aromatic rings. The zero-order chi connectivity index (χ0) is 11.8. The van der Waals surface area contributed by atoms with Gasteiger partial charge in [0.2, 0.25) is 5.91 Å². The molecule has 0 fully saturated rings. The first-order valence-corrected chi connectivity index (χ1v) is 5.48. The lowest BCUT2D eigenvalue weighted by atomic mass is 10.1. The molecule has 0 saturated heterocycles. The van der Waals surface area contributed by atoms with Crippen molar-refractivity contribution in [3.63, 3.8) is 0 Å². The van der Waals surface area contributed by atoms with Gasteiger partial charge < -0.3 is 5.32 Å². The largest absolute Gasteiger partial charge is 0.356 e. The summed E-state index contributed by atoms with van der Waals surface area (Å²) in [5.74, 6) is 0.173. The Hall–Kier alpha value is -1.64. The van der Waals surface area contributed by atoms with Crippen molar-refractivity contribution in [1.82, 2.24) is 5.32 Å². The van der Waals surface area contributed by atoms with E-state index in [9.17, 15) is 9.59 Å². The van der Waals surface area contributed by atoms with Crippen LogP contribution in [0.2, 0.25) is 0 Å². The summed E-state index contributed by atoms with van der Waals surface area (Å²) < 4.78 is 0. The Morgan fingerprint density at radius 3 is 2.50 bits per heavy atom. The molecule has 0 aliphatic rings. The number of carbonyl (C=O) groups excluding carboxylic acids is 2. The van der Waals surface area contributed by atoms with E-state index in [1.54, 1.807) is 0 Å². The number of carbonyl (C=O) groups is 2.